The number of carbonyl (C=O) groups excluding carboxylic acids is 1. The molecule has 3 N–H and O–H groups in total. The summed E-state index contributed by atoms with van der Waals surface area (Å²) in [4.78, 5) is 20.8. The van der Waals surface area contributed by atoms with Crippen LogP contribution in [0.1, 0.15) is 23.5 Å². The van der Waals surface area contributed by atoms with E-state index in [9.17, 15) is 4.79 Å². The van der Waals surface area contributed by atoms with Gasteiger partial charge in [0.25, 0.3) is 0 Å². The molecule has 124 valence electrons. The molecular weight excluding hydrogens is 324 g/mol. The minimum absolute atomic E-state index is 0.161. The Morgan fingerprint density at radius 3 is 3.00 bits per heavy atom. The number of urea groups is 1. The van der Waals surface area contributed by atoms with Crippen molar-refractivity contribution in [3.63, 3.8) is 0 Å². The number of carbonyl (C=O) groups is 1. The smallest absolute Gasteiger partial charge is 0.319 e. The van der Waals surface area contributed by atoms with Crippen LogP contribution in [-0.2, 0) is 0 Å². The van der Waals surface area contributed by atoms with Gasteiger partial charge in [0.15, 0.2) is 0 Å². The first-order chi connectivity index (χ1) is 11.6. The van der Waals surface area contributed by atoms with Crippen LogP contribution >= 0.6 is 11.3 Å². The van der Waals surface area contributed by atoms with Gasteiger partial charge in [-0.25, -0.2) is 9.78 Å². The summed E-state index contributed by atoms with van der Waals surface area (Å²) in [5.41, 5.74) is 2.99. The van der Waals surface area contributed by atoms with Crippen LogP contribution in [0.5, 0.6) is 0 Å². The van der Waals surface area contributed by atoms with Crippen molar-refractivity contribution in [1.82, 2.24) is 25.5 Å². The molecule has 8 heteroatoms. The van der Waals surface area contributed by atoms with E-state index in [-0.39, 0.29) is 11.9 Å². The fraction of sp³-hybridized carbons (Fsp3) is 0.250. The number of H-pyrrole nitrogens is 1. The molecule has 3 aromatic rings. The number of nitrogens with one attached hydrogen (secondary N) is 3. The molecule has 0 bridgehead atoms. The molecule has 24 heavy (non-hydrogen) atoms. The Kier molecular flexibility index (Phi) is 4.85. The van der Waals surface area contributed by atoms with Crippen molar-refractivity contribution >= 4 is 23.1 Å². The van der Waals surface area contributed by atoms with Gasteiger partial charge in [0.05, 0.1) is 22.6 Å². The van der Waals surface area contributed by atoms with Crippen LogP contribution in [-0.4, -0.2) is 32.7 Å². The number of amides is 2. The molecule has 0 spiro atoms. The van der Waals surface area contributed by atoms with Gasteiger partial charge in [0.2, 0.25) is 0 Å². The number of nitrogens with zero attached hydrogens (tertiary/aromatic N) is 3. The molecule has 0 saturated heterocycles. The number of hydrogen-bond acceptors (Lipinski definition) is 5. The number of pyridine rings is 1. The highest BCUT2D eigenvalue weighted by Gasteiger charge is 2.14. The third-order valence-electron chi connectivity index (χ3n) is 3.44. The lowest BCUT2D eigenvalue weighted by Crippen LogP contribution is -2.31. The highest BCUT2D eigenvalue weighted by Crippen LogP contribution is 2.23. The molecule has 0 fully saturated rings. The second-order valence-corrected chi connectivity index (χ2v) is 6.33. The largest absolute Gasteiger partial charge is 0.337 e. The monoisotopic (exact) mass is 342 g/mol. The minimum atomic E-state index is -0.284. The number of aryl methyl sites for hydroxylation is 1. The lowest BCUT2D eigenvalue weighted by Gasteiger charge is -2.11. The van der Waals surface area contributed by atoms with Gasteiger partial charge in [-0.05, 0) is 19.1 Å². The molecule has 3 rings (SSSR count). The van der Waals surface area contributed by atoms with Gasteiger partial charge >= 0.3 is 6.03 Å². The SMILES string of the molecule is Cc1csc([C@H](C)CNC(=O)Nc2cn[nH]c2-c2ccccn2)n1. The van der Waals surface area contributed by atoms with Crippen LogP contribution in [0.2, 0.25) is 0 Å². The standard InChI is InChI=1S/C16H18N6OS/c1-10(15-20-11(2)9-24-15)7-18-16(23)21-13-8-19-22-14(13)12-5-3-4-6-17-12/h3-6,8-10H,7H2,1-2H3,(H,19,22)(H2,18,21,23)/t10-/m1/s1. The fourth-order valence-corrected chi connectivity index (χ4v) is 3.04. The summed E-state index contributed by atoms with van der Waals surface area (Å²) in [5, 5.41) is 15.5. The Bertz CT molecular complexity index is 813. The zero-order valence-corrected chi connectivity index (χ0v) is 14.2. The van der Waals surface area contributed by atoms with Crippen molar-refractivity contribution < 1.29 is 4.79 Å². The molecule has 0 aromatic carbocycles. The number of aromatic nitrogens is 4. The van der Waals surface area contributed by atoms with E-state index in [1.165, 1.54) is 0 Å². The van der Waals surface area contributed by atoms with Crippen LogP contribution in [0.25, 0.3) is 11.4 Å². The lowest BCUT2D eigenvalue weighted by atomic mass is 10.2. The average Bonchev–Trinajstić information content (AvgIpc) is 3.22. The van der Waals surface area contributed by atoms with Crippen molar-refractivity contribution in [2.75, 3.05) is 11.9 Å². The van der Waals surface area contributed by atoms with Gasteiger partial charge in [0.1, 0.15) is 5.69 Å². The molecule has 0 radical (unpaired) electrons. The van der Waals surface area contributed by atoms with E-state index < -0.39 is 0 Å². The normalized spacial score (nSPS) is 11.9. The predicted molar refractivity (Wildman–Crippen MR) is 94.1 cm³/mol. The zero-order chi connectivity index (χ0) is 16.9. The topological polar surface area (TPSA) is 95.6 Å². The Morgan fingerprint density at radius 2 is 2.29 bits per heavy atom. The van der Waals surface area contributed by atoms with Crippen molar-refractivity contribution in [3.05, 3.63) is 46.7 Å². The van der Waals surface area contributed by atoms with Gasteiger partial charge in [-0.1, -0.05) is 13.0 Å². The van der Waals surface area contributed by atoms with Crippen molar-refractivity contribution in [3.8, 4) is 11.4 Å². The Hall–Kier alpha value is -2.74. The second kappa shape index (κ2) is 7.22. The van der Waals surface area contributed by atoms with Gasteiger partial charge < -0.3 is 10.6 Å². The summed E-state index contributed by atoms with van der Waals surface area (Å²) in [6, 6.07) is 5.28. The molecule has 0 unspecified atom stereocenters. The van der Waals surface area contributed by atoms with Gasteiger partial charge in [-0.2, -0.15) is 5.10 Å². The van der Waals surface area contributed by atoms with Crippen LogP contribution in [0.3, 0.4) is 0 Å². The quantitative estimate of drug-likeness (QED) is 0.663. The highest BCUT2D eigenvalue weighted by molar-refractivity contribution is 7.09. The van der Waals surface area contributed by atoms with Gasteiger partial charge in [-0.3, -0.25) is 10.1 Å². The third-order valence-corrected chi connectivity index (χ3v) is 4.63. The molecule has 2 amide bonds. The summed E-state index contributed by atoms with van der Waals surface area (Å²) in [6.45, 7) is 4.51. The predicted octanol–water partition coefficient (Wildman–Crippen LogP) is 3.16. The van der Waals surface area contributed by atoms with E-state index in [2.05, 4.69) is 30.8 Å². The van der Waals surface area contributed by atoms with Gasteiger partial charge in [-0.15, -0.1) is 11.3 Å². The Morgan fingerprint density at radius 1 is 1.42 bits per heavy atom. The number of rotatable bonds is 5. The van der Waals surface area contributed by atoms with Crippen LogP contribution in [0.15, 0.2) is 36.0 Å². The maximum Gasteiger partial charge on any atom is 0.319 e. The molecule has 1 atom stereocenters. The van der Waals surface area contributed by atoms with E-state index in [0.29, 0.717) is 17.9 Å². The minimum Gasteiger partial charge on any atom is -0.337 e. The van der Waals surface area contributed by atoms with Crippen molar-refractivity contribution in [2.45, 2.75) is 19.8 Å². The number of anilines is 1. The highest BCUT2D eigenvalue weighted by atomic mass is 32.1. The van der Waals surface area contributed by atoms with Crippen LogP contribution in [0, 0.1) is 6.92 Å². The van der Waals surface area contributed by atoms with Crippen LogP contribution in [0.4, 0.5) is 10.5 Å². The van der Waals surface area contributed by atoms with E-state index >= 15 is 0 Å². The Balaban J connectivity index is 1.59. The number of thiazole rings is 1. The maximum absolute atomic E-state index is 12.1. The van der Waals surface area contributed by atoms with E-state index in [4.69, 9.17) is 0 Å². The van der Waals surface area contributed by atoms with Crippen molar-refractivity contribution in [2.24, 2.45) is 0 Å². The summed E-state index contributed by atoms with van der Waals surface area (Å²) in [6.07, 6.45) is 3.26. The molecule has 3 heterocycles. The molecule has 7 nitrogen and oxygen atoms in total. The number of hydrogen-bond donors (Lipinski definition) is 3. The summed E-state index contributed by atoms with van der Waals surface area (Å²) < 4.78 is 0. The van der Waals surface area contributed by atoms with Gasteiger partial charge in [0, 0.05) is 29.7 Å². The molecule has 0 aliphatic carbocycles. The summed E-state index contributed by atoms with van der Waals surface area (Å²) in [7, 11) is 0. The summed E-state index contributed by atoms with van der Waals surface area (Å²) >= 11 is 1.61. The first-order valence-electron chi connectivity index (χ1n) is 7.55. The fourth-order valence-electron chi connectivity index (χ4n) is 2.18. The first kappa shape index (κ1) is 16.1. The molecule has 0 saturated carbocycles. The van der Waals surface area contributed by atoms with E-state index in [1.54, 1.807) is 23.7 Å². The van der Waals surface area contributed by atoms with E-state index in [1.807, 2.05) is 37.4 Å². The van der Waals surface area contributed by atoms with Crippen LogP contribution < -0.4 is 10.6 Å². The van der Waals surface area contributed by atoms with Crippen molar-refractivity contribution in [1.29, 1.82) is 0 Å². The Labute approximate surface area is 143 Å². The maximum atomic E-state index is 12.1. The average molecular weight is 342 g/mol. The van der Waals surface area contributed by atoms with E-state index in [0.717, 1.165) is 16.4 Å². The number of aromatic amines is 1. The molecule has 3 aromatic heterocycles. The molecule has 0 aliphatic rings. The summed E-state index contributed by atoms with van der Waals surface area (Å²) in [5.74, 6) is 0.161. The molecular formula is C16H18N6OS. The lowest BCUT2D eigenvalue weighted by molar-refractivity contribution is 0.251. The first-order valence-corrected chi connectivity index (χ1v) is 8.43. The molecule has 0 aliphatic heterocycles. The zero-order valence-electron chi connectivity index (χ0n) is 13.4. The third kappa shape index (κ3) is 3.77. The second-order valence-electron chi connectivity index (χ2n) is 5.44.